The van der Waals surface area contributed by atoms with E-state index >= 15 is 0 Å². The fourth-order valence-corrected chi connectivity index (χ4v) is 2.42. The van der Waals surface area contributed by atoms with Crippen molar-refractivity contribution in [1.82, 2.24) is 4.90 Å². The van der Waals surface area contributed by atoms with Crippen LogP contribution < -0.4 is 5.73 Å². The highest BCUT2D eigenvalue weighted by molar-refractivity contribution is 8.93. The Morgan fingerprint density at radius 3 is 2.61 bits per heavy atom. The van der Waals surface area contributed by atoms with Crippen LogP contribution in [0.2, 0.25) is 0 Å². The summed E-state index contributed by atoms with van der Waals surface area (Å²) in [4.78, 5) is 6.35. The zero-order valence-corrected chi connectivity index (χ0v) is 11.9. The maximum absolute atomic E-state index is 5.83. The molecule has 2 N–H and O–H groups in total. The molecule has 1 atom stereocenters. The minimum Gasteiger partial charge on any atom is -0.370 e. The van der Waals surface area contributed by atoms with Gasteiger partial charge in [-0.05, 0) is 16.3 Å². The quantitative estimate of drug-likeness (QED) is 0.880. The third-order valence-electron chi connectivity index (χ3n) is 3.44. The van der Waals surface area contributed by atoms with Crippen LogP contribution in [-0.2, 0) is 0 Å². The van der Waals surface area contributed by atoms with Crippen molar-refractivity contribution in [3.05, 3.63) is 48.0 Å². The van der Waals surface area contributed by atoms with Crippen molar-refractivity contribution in [2.75, 3.05) is 13.6 Å². The molecule has 3 rings (SSSR count). The van der Waals surface area contributed by atoms with Crippen LogP contribution in [0.1, 0.15) is 11.6 Å². The van der Waals surface area contributed by atoms with E-state index in [1.807, 2.05) is 11.9 Å². The number of benzene rings is 2. The van der Waals surface area contributed by atoms with Gasteiger partial charge in [0.05, 0.1) is 12.6 Å². The number of guanidine groups is 1. The zero-order chi connectivity index (χ0) is 11.8. The molecule has 1 unspecified atom stereocenters. The van der Waals surface area contributed by atoms with E-state index in [1.54, 1.807) is 0 Å². The Bertz CT molecular complexity index is 589. The molecule has 0 fully saturated rings. The zero-order valence-electron chi connectivity index (χ0n) is 10.2. The molecule has 1 aliphatic rings. The fraction of sp³-hybridized carbons (Fsp3) is 0.214. The molecule has 0 amide bonds. The summed E-state index contributed by atoms with van der Waals surface area (Å²) >= 11 is 0. The summed E-state index contributed by atoms with van der Waals surface area (Å²) in [7, 11) is 2.00. The van der Waals surface area contributed by atoms with Gasteiger partial charge in [-0.15, -0.1) is 17.0 Å². The van der Waals surface area contributed by atoms with E-state index in [-0.39, 0.29) is 23.0 Å². The van der Waals surface area contributed by atoms with Gasteiger partial charge in [-0.3, -0.25) is 4.99 Å². The number of likely N-dealkylation sites (N-methyl/N-ethyl adjacent to an activating group) is 1. The highest BCUT2D eigenvalue weighted by Gasteiger charge is 2.24. The molecule has 0 aromatic heterocycles. The lowest BCUT2D eigenvalue weighted by Gasteiger charge is -2.22. The summed E-state index contributed by atoms with van der Waals surface area (Å²) < 4.78 is 0. The highest BCUT2D eigenvalue weighted by Crippen LogP contribution is 2.30. The molecule has 1 heterocycles. The number of nitrogens with zero attached hydrogens (tertiary/aromatic N) is 2. The normalized spacial score (nSPS) is 18.6. The predicted molar refractivity (Wildman–Crippen MR) is 81.3 cm³/mol. The van der Waals surface area contributed by atoms with E-state index in [2.05, 4.69) is 47.5 Å². The Balaban J connectivity index is 0.00000120. The average Bonchev–Trinajstić information content (AvgIpc) is 2.69. The van der Waals surface area contributed by atoms with Crippen LogP contribution in [0.3, 0.4) is 0 Å². The van der Waals surface area contributed by atoms with Crippen molar-refractivity contribution in [2.45, 2.75) is 6.04 Å². The van der Waals surface area contributed by atoms with Crippen LogP contribution in [0.4, 0.5) is 0 Å². The second kappa shape index (κ2) is 4.98. The molecule has 0 radical (unpaired) electrons. The lowest BCUT2D eigenvalue weighted by atomic mass is 9.98. The molecule has 4 heteroatoms. The summed E-state index contributed by atoms with van der Waals surface area (Å²) in [5.74, 6) is 0.628. The van der Waals surface area contributed by atoms with Gasteiger partial charge in [0, 0.05) is 7.05 Å². The lowest BCUT2D eigenvalue weighted by molar-refractivity contribution is 0.416. The van der Waals surface area contributed by atoms with Crippen LogP contribution in [0.15, 0.2) is 47.5 Å². The van der Waals surface area contributed by atoms with Crippen molar-refractivity contribution in [3.8, 4) is 0 Å². The van der Waals surface area contributed by atoms with E-state index < -0.39 is 0 Å². The molecule has 94 valence electrons. The number of halogens is 1. The van der Waals surface area contributed by atoms with Gasteiger partial charge in [-0.2, -0.15) is 0 Å². The Hall–Kier alpha value is -1.55. The van der Waals surface area contributed by atoms with Gasteiger partial charge in [-0.1, -0.05) is 42.5 Å². The molecule has 18 heavy (non-hydrogen) atoms. The molecule has 2 aromatic rings. The second-order valence-corrected chi connectivity index (χ2v) is 4.39. The first-order chi connectivity index (χ1) is 8.27. The largest absolute Gasteiger partial charge is 0.370 e. The average molecular weight is 306 g/mol. The molecule has 0 spiro atoms. The molecule has 0 saturated heterocycles. The molecule has 3 nitrogen and oxygen atoms in total. The summed E-state index contributed by atoms with van der Waals surface area (Å²) in [6.07, 6.45) is 0. The first-order valence-electron chi connectivity index (χ1n) is 5.78. The number of fused-ring (bicyclic) bond motifs is 1. The predicted octanol–water partition coefficient (Wildman–Crippen LogP) is 2.72. The highest BCUT2D eigenvalue weighted by atomic mass is 79.9. The Labute approximate surface area is 117 Å². The van der Waals surface area contributed by atoms with Crippen LogP contribution in [0.25, 0.3) is 10.8 Å². The fourth-order valence-electron chi connectivity index (χ4n) is 2.42. The number of nitrogens with two attached hydrogens (primary N) is 1. The SMILES string of the molecule is Br.CN1C(N)=NCC1c1cccc2ccccc12. The summed E-state index contributed by atoms with van der Waals surface area (Å²) in [5, 5.41) is 2.56. The van der Waals surface area contributed by atoms with E-state index in [0.29, 0.717) is 5.96 Å². The van der Waals surface area contributed by atoms with Gasteiger partial charge in [0.15, 0.2) is 5.96 Å². The number of hydrogen-bond acceptors (Lipinski definition) is 3. The molecule has 0 aliphatic carbocycles. The standard InChI is InChI=1S/C14H15N3.BrH/c1-17-13(9-16-14(17)15)12-8-4-6-10-5-2-3-7-11(10)12;/h2-8,13H,9H2,1H3,(H2,15,16);1H. The molecule has 0 bridgehead atoms. The van der Waals surface area contributed by atoms with E-state index in [4.69, 9.17) is 5.73 Å². The van der Waals surface area contributed by atoms with Gasteiger partial charge in [0.1, 0.15) is 0 Å². The summed E-state index contributed by atoms with van der Waals surface area (Å²) in [5.41, 5.74) is 7.13. The summed E-state index contributed by atoms with van der Waals surface area (Å²) in [6.45, 7) is 0.746. The molecule has 2 aromatic carbocycles. The molecule has 0 saturated carbocycles. The second-order valence-electron chi connectivity index (χ2n) is 4.39. The van der Waals surface area contributed by atoms with Gasteiger partial charge < -0.3 is 10.6 Å². The van der Waals surface area contributed by atoms with Crippen molar-refractivity contribution < 1.29 is 0 Å². The summed E-state index contributed by atoms with van der Waals surface area (Å²) in [6, 6.07) is 15.1. The van der Waals surface area contributed by atoms with E-state index in [1.165, 1.54) is 16.3 Å². The van der Waals surface area contributed by atoms with Gasteiger partial charge in [-0.25, -0.2) is 0 Å². The third kappa shape index (κ3) is 1.97. The maximum Gasteiger partial charge on any atom is 0.191 e. The van der Waals surface area contributed by atoms with Crippen LogP contribution in [0.5, 0.6) is 0 Å². The van der Waals surface area contributed by atoms with Crippen LogP contribution in [-0.4, -0.2) is 24.5 Å². The van der Waals surface area contributed by atoms with Gasteiger partial charge >= 0.3 is 0 Å². The Morgan fingerprint density at radius 1 is 1.17 bits per heavy atom. The first kappa shape index (κ1) is 12.9. The lowest BCUT2D eigenvalue weighted by Crippen LogP contribution is -2.32. The van der Waals surface area contributed by atoms with Crippen LogP contribution >= 0.6 is 17.0 Å². The smallest absolute Gasteiger partial charge is 0.191 e. The van der Waals surface area contributed by atoms with Crippen molar-refractivity contribution in [2.24, 2.45) is 10.7 Å². The third-order valence-corrected chi connectivity index (χ3v) is 3.44. The number of aliphatic imine (C=N–C) groups is 1. The van der Waals surface area contributed by atoms with E-state index in [9.17, 15) is 0 Å². The van der Waals surface area contributed by atoms with E-state index in [0.717, 1.165) is 6.54 Å². The number of hydrogen-bond donors (Lipinski definition) is 1. The van der Waals surface area contributed by atoms with Crippen molar-refractivity contribution in [3.63, 3.8) is 0 Å². The topological polar surface area (TPSA) is 41.6 Å². The molecular formula is C14H16BrN3. The maximum atomic E-state index is 5.83. The minimum atomic E-state index is 0. The molecule has 1 aliphatic heterocycles. The number of rotatable bonds is 1. The van der Waals surface area contributed by atoms with Crippen molar-refractivity contribution in [1.29, 1.82) is 0 Å². The molecular weight excluding hydrogens is 290 g/mol. The van der Waals surface area contributed by atoms with Gasteiger partial charge in [0.25, 0.3) is 0 Å². The Kier molecular flexibility index (Phi) is 3.57. The minimum absolute atomic E-state index is 0. The van der Waals surface area contributed by atoms with Gasteiger partial charge in [0.2, 0.25) is 0 Å². The monoisotopic (exact) mass is 305 g/mol. The van der Waals surface area contributed by atoms with Crippen LogP contribution in [0, 0.1) is 0 Å². The Morgan fingerprint density at radius 2 is 1.89 bits per heavy atom. The van der Waals surface area contributed by atoms with Crippen molar-refractivity contribution >= 4 is 33.7 Å². The first-order valence-corrected chi connectivity index (χ1v) is 5.78.